The number of carbonyl (C=O) groups is 2. The van der Waals surface area contributed by atoms with E-state index < -0.39 is 0 Å². The number of pyridine rings is 1. The highest BCUT2D eigenvalue weighted by molar-refractivity contribution is 6.34. The number of rotatable bonds is 7. The van der Waals surface area contributed by atoms with Crippen molar-refractivity contribution in [2.24, 2.45) is 5.92 Å². The minimum atomic E-state index is -0.355. The number of benzene rings is 3. The Kier molecular flexibility index (Phi) is 7.71. The van der Waals surface area contributed by atoms with Gasteiger partial charge in [0.2, 0.25) is 0 Å². The van der Waals surface area contributed by atoms with Crippen LogP contribution in [0.5, 0.6) is 5.75 Å². The molecule has 1 saturated heterocycles. The highest BCUT2D eigenvalue weighted by Gasteiger charge is 2.35. The molecule has 3 heterocycles. The summed E-state index contributed by atoms with van der Waals surface area (Å²) < 4.78 is 7.10. The summed E-state index contributed by atoms with van der Waals surface area (Å²) >= 11 is 6.33. The highest BCUT2D eigenvalue weighted by atomic mass is 35.5. The minimum Gasteiger partial charge on any atom is -0.497 e. The molecule has 0 aliphatic carbocycles. The van der Waals surface area contributed by atoms with E-state index in [1.54, 1.807) is 49.6 Å². The van der Waals surface area contributed by atoms with Crippen molar-refractivity contribution in [1.82, 2.24) is 9.88 Å². The minimum absolute atomic E-state index is 0.0355. The average Bonchev–Trinajstić information content (AvgIpc) is 3.00. The largest absolute Gasteiger partial charge is 0.497 e. The van der Waals surface area contributed by atoms with Crippen molar-refractivity contribution >= 4 is 34.8 Å². The number of piperidine rings is 1. The molecule has 214 valence electrons. The molecule has 4 aromatic rings. The van der Waals surface area contributed by atoms with Gasteiger partial charge in [-0.3, -0.25) is 14.4 Å². The average molecular weight is 583 g/mol. The molecule has 9 heteroatoms. The van der Waals surface area contributed by atoms with Crippen LogP contribution in [0.25, 0.3) is 0 Å². The van der Waals surface area contributed by atoms with Gasteiger partial charge in [0.1, 0.15) is 5.75 Å². The second kappa shape index (κ2) is 11.7. The quantitative estimate of drug-likeness (QED) is 0.308. The third kappa shape index (κ3) is 5.63. The summed E-state index contributed by atoms with van der Waals surface area (Å²) in [6, 6.07) is 25.2. The maximum atomic E-state index is 13.3. The predicted molar refractivity (Wildman–Crippen MR) is 164 cm³/mol. The first-order valence-electron chi connectivity index (χ1n) is 14.0. The van der Waals surface area contributed by atoms with Gasteiger partial charge in [-0.25, -0.2) is 0 Å². The summed E-state index contributed by atoms with van der Waals surface area (Å²) in [5.41, 5.74) is 4.14. The molecule has 8 nitrogen and oxygen atoms in total. The monoisotopic (exact) mass is 582 g/mol. The van der Waals surface area contributed by atoms with Gasteiger partial charge in [0.05, 0.1) is 29.1 Å². The van der Waals surface area contributed by atoms with Gasteiger partial charge in [0.15, 0.2) is 0 Å². The lowest BCUT2D eigenvalue weighted by Gasteiger charge is -2.44. The molecule has 0 spiro atoms. The van der Waals surface area contributed by atoms with Gasteiger partial charge in [-0.15, -0.1) is 0 Å². The molecular formula is C33H31ClN4O4. The van der Waals surface area contributed by atoms with Crippen LogP contribution in [0.4, 0.5) is 11.4 Å². The van der Waals surface area contributed by atoms with Gasteiger partial charge in [-0.2, -0.15) is 0 Å². The maximum Gasteiger partial charge on any atom is 0.257 e. The third-order valence-corrected chi connectivity index (χ3v) is 8.39. The van der Waals surface area contributed by atoms with Crippen molar-refractivity contribution in [3.63, 3.8) is 0 Å². The van der Waals surface area contributed by atoms with E-state index in [2.05, 4.69) is 15.5 Å². The SMILES string of the molecule is COc1ccc(CNC(=O)c2ccc(N3CC4CC(C3)c3cccc(=O)n3C4)c(NC(=O)c3ccccc3Cl)c2)cc1. The molecule has 2 atom stereocenters. The number of halogens is 1. The molecule has 2 aliphatic rings. The lowest BCUT2D eigenvalue weighted by atomic mass is 9.83. The second-order valence-electron chi connectivity index (χ2n) is 10.8. The number of methoxy groups -OCH3 is 1. The van der Waals surface area contributed by atoms with Gasteiger partial charge in [0, 0.05) is 49.4 Å². The molecule has 0 radical (unpaired) electrons. The predicted octanol–water partition coefficient (Wildman–Crippen LogP) is 5.32. The molecular weight excluding hydrogens is 552 g/mol. The Morgan fingerprint density at radius 3 is 2.52 bits per heavy atom. The van der Waals surface area contributed by atoms with Crippen molar-refractivity contribution in [3.8, 4) is 5.75 Å². The fourth-order valence-corrected chi connectivity index (χ4v) is 6.23. The number of nitrogens with one attached hydrogen (secondary N) is 2. The molecule has 42 heavy (non-hydrogen) atoms. The Bertz CT molecular complexity index is 1700. The number of carbonyl (C=O) groups excluding carboxylic acids is 2. The fourth-order valence-electron chi connectivity index (χ4n) is 6.01. The molecule has 2 amide bonds. The van der Waals surface area contributed by atoms with Crippen LogP contribution in [-0.4, -0.2) is 36.6 Å². The zero-order chi connectivity index (χ0) is 29.2. The van der Waals surface area contributed by atoms with Crippen LogP contribution in [0.2, 0.25) is 5.02 Å². The second-order valence-corrected chi connectivity index (χ2v) is 11.2. The fraction of sp³-hybridized carbons (Fsp3) is 0.242. The number of amides is 2. The van der Waals surface area contributed by atoms with Gasteiger partial charge in [-0.1, -0.05) is 41.9 Å². The molecule has 2 N–H and O–H groups in total. The van der Waals surface area contributed by atoms with Crippen molar-refractivity contribution in [3.05, 3.63) is 123 Å². The molecule has 1 aromatic heterocycles. The summed E-state index contributed by atoms with van der Waals surface area (Å²) in [4.78, 5) is 41.3. The number of anilines is 2. The van der Waals surface area contributed by atoms with E-state index in [1.807, 2.05) is 47.0 Å². The zero-order valence-electron chi connectivity index (χ0n) is 23.2. The van der Waals surface area contributed by atoms with Crippen LogP contribution < -0.4 is 25.8 Å². The molecule has 2 bridgehead atoms. The number of ether oxygens (including phenoxy) is 1. The summed E-state index contributed by atoms with van der Waals surface area (Å²) in [6.45, 7) is 2.43. The van der Waals surface area contributed by atoms with Crippen LogP contribution in [-0.2, 0) is 13.1 Å². The van der Waals surface area contributed by atoms with Gasteiger partial charge < -0.3 is 24.8 Å². The Morgan fingerprint density at radius 2 is 1.74 bits per heavy atom. The number of nitrogens with zero attached hydrogens (tertiary/aromatic N) is 2. The lowest BCUT2D eigenvalue weighted by molar-refractivity contribution is 0.0949. The first-order valence-corrected chi connectivity index (χ1v) is 14.3. The Balaban J connectivity index is 1.28. The van der Waals surface area contributed by atoms with E-state index in [0.717, 1.165) is 35.7 Å². The standard InChI is InChI=1S/C33H31ClN4O4/c1-42-25-12-9-21(10-13-25)17-35-32(40)23-11-14-30(28(16-23)36-33(41)26-5-2-3-6-27(26)34)37-18-22-15-24(20-37)29-7-4-8-31(39)38(29)19-22/h2-14,16,22,24H,15,17-20H2,1H3,(H,35,40)(H,36,41). The molecule has 0 saturated carbocycles. The van der Waals surface area contributed by atoms with Crippen molar-refractivity contribution in [2.75, 3.05) is 30.4 Å². The smallest absolute Gasteiger partial charge is 0.257 e. The molecule has 2 unspecified atom stereocenters. The van der Waals surface area contributed by atoms with Gasteiger partial charge >= 0.3 is 0 Å². The molecule has 6 rings (SSSR count). The van der Waals surface area contributed by atoms with E-state index in [0.29, 0.717) is 41.5 Å². The number of hydrogen-bond donors (Lipinski definition) is 2. The lowest BCUT2D eigenvalue weighted by Crippen LogP contribution is -2.47. The first-order chi connectivity index (χ1) is 20.4. The van der Waals surface area contributed by atoms with E-state index in [9.17, 15) is 14.4 Å². The Labute approximate surface area is 248 Å². The summed E-state index contributed by atoms with van der Waals surface area (Å²) in [5.74, 6) is 0.611. The zero-order valence-corrected chi connectivity index (χ0v) is 23.9. The number of hydrogen-bond acceptors (Lipinski definition) is 5. The van der Waals surface area contributed by atoms with E-state index in [-0.39, 0.29) is 29.2 Å². The Hall–Kier alpha value is -4.56. The van der Waals surface area contributed by atoms with Gasteiger partial charge in [0.25, 0.3) is 17.4 Å². The van der Waals surface area contributed by atoms with Crippen LogP contribution in [0, 0.1) is 5.92 Å². The molecule has 2 aliphatic heterocycles. The normalized spacial score (nSPS) is 17.2. The highest BCUT2D eigenvalue weighted by Crippen LogP contribution is 2.39. The van der Waals surface area contributed by atoms with E-state index in [1.165, 1.54) is 0 Å². The summed E-state index contributed by atoms with van der Waals surface area (Å²) in [6.07, 6.45) is 1.01. The summed E-state index contributed by atoms with van der Waals surface area (Å²) in [5, 5.41) is 6.34. The summed E-state index contributed by atoms with van der Waals surface area (Å²) in [7, 11) is 1.61. The Morgan fingerprint density at radius 1 is 0.929 bits per heavy atom. The van der Waals surface area contributed by atoms with Crippen LogP contribution in [0.3, 0.4) is 0 Å². The van der Waals surface area contributed by atoms with Gasteiger partial charge in [-0.05, 0) is 66.4 Å². The third-order valence-electron chi connectivity index (χ3n) is 8.06. The number of fused-ring (bicyclic) bond motifs is 4. The van der Waals surface area contributed by atoms with E-state index >= 15 is 0 Å². The van der Waals surface area contributed by atoms with Crippen LogP contribution in [0.15, 0.2) is 89.7 Å². The molecule has 3 aromatic carbocycles. The van der Waals surface area contributed by atoms with Crippen molar-refractivity contribution in [1.29, 1.82) is 0 Å². The van der Waals surface area contributed by atoms with E-state index in [4.69, 9.17) is 16.3 Å². The van der Waals surface area contributed by atoms with Crippen molar-refractivity contribution < 1.29 is 14.3 Å². The topological polar surface area (TPSA) is 92.7 Å². The first kappa shape index (κ1) is 27.6. The van der Waals surface area contributed by atoms with Crippen LogP contribution >= 0.6 is 11.6 Å². The van der Waals surface area contributed by atoms with Crippen molar-refractivity contribution in [2.45, 2.75) is 25.4 Å². The molecule has 1 fully saturated rings. The number of aromatic nitrogens is 1. The maximum absolute atomic E-state index is 13.3. The van der Waals surface area contributed by atoms with Crippen LogP contribution in [0.1, 0.15) is 44.3 Å².